The molecule has 1 saturated carbocycles. The van der Waals surface area contributed by atoms with Gasteiger partial charge in [-0.15, -0.1) is 0 Å². The Balaban J connectivity index is 2.18. The van der Waals surface area contributed by atoms with Crippen LogP contribution in [0.2, 0.25) is 5.02 Å². The van der Waals surface area contributed by atoms with E-state index in [1.54, 1.807) is 24.3 Å². The minimum Gasteiger partial charge on any atom is -0.320 e. The highest BCUT2D eigenvalue weighted by molar-refractivity contribution is 6.31. The Bertz CT molecular complexity index is 375. The molecule has 82 valence electrons. The molecule has 0 amide bonds. The van der Waals surface area contributed by atoms with E-state index < -0.39 is 11.5 Å². The summed E-state index contributed by atoms with van der Waals surface area (Å²) in [4.78, 5) is 0. The normalized spacial score (nSPS) is 18.9. The van der Waals surface area contributed by atoms with Crippen LogP contribution in [-0.2, 0) is 6.42 Å². The third-order valence-corrected chi connectivity index (χ3v) is 3.26. The van der Waals surface area contributed by atoms with Crippen LogP contribution in [0.15, 0.2) is 24.3 Å². The van der Waals surface area contributed by atoms with E-state index in [4.69, 9.17) is 17.3 Å². The molecule has 0 saturated heterocycles. The summed E-state index contributed by atoms with van der Waals surface area (Å²) >= 11 is 5.83. The lowest BCUT2D eigenvalue weighted by Crippen LogP contribution is -2.45. The average molecular weight is 232 g/mol. The van der Waals surface area contributed by atoms with Gasteiger partial charge in [-0.05, 0) is 24.5 Å². The van der Waals surface area contributed by atoms with Crippen LogP contribution in [0.5, 0.6) is 0 Å². The highest BCUT2D eigenvalue weighted by Gasteiger charge is 2.58. The van der Waals surface area contributed by atoms with Gasteiger partial charge in [-0.1, -0.05) is 29.8 Å². The predicted molar refractivity (Wildman–Crippen MR) is 56.3 cm³/mol. The second-order valence-corrected chi connectivity index (χ2v) is 4.54. The maximum atomic E-state index is 13.7. The van der Waals surface area contributed by atoms with Crippen LogP contribution in [0.25, 0.3) is 0 Å². The van der Waals surface area contributed by atoms with E-state index >= 15 is 0 Å². The maximum absolute atomic E-state index is 13.7. The van der Waals surface area contributed by atoms with Gasteiger partial charge in [-0.3, -0.25) is 0 Å². The summed E-state index contributed by atoms with van der Waals surface area (Å²) in [6, 6.07) is 6.65. The van der Waals surface area contributed by atoms with Crippen molar-refractivity contribution in [3.05, 3.63) is 34.9 Å². The van der Waals surface area contributed by atoms with Gasteiger partial charge in [0.25, 0.3) is 5.92 Å². The first-order valence-corrected chi connectivity index (χ1v) is 5.23. The topological polar surface area (TPSA) is 26.0 Å². The number of alkyl halides is 2. The molecule has 0 atom stereocenters. The third kappa shape index (κ3) is 1.99. The summed E-state index contributed by atoms with van der Waals surface area (Å²) in [5.41, 5.74) is 4.69. The molecule has 1 fully saturated rings. The lowest BCUT2D eigenvalue weighted by Gasteiger charge is -2.23. The fourth-order valence-corrected chi connectivity index (χ4v) is 1.76. The van der Waals surface area contributed by atoms with Crippen molar-refractivity contribution in [1.82, 2.24) is 0 Å². The molecule has 0 aliphatic heterocycles. The molecule has 0 aromatic heterocycles. The van der Waals surface area contributed by atoms with Crippen LogP contribution in [0.1, 0.15) is 18.4 Å². The van der Waals surface area contributed by atoms with E-state index in [-0.39, 0.29) is 6.42 Å². The van der Waals surface area contributed by atoms with Gasteiger partial charge in [-0.2, -0.15) is 0 Å². The molecule has 1 aromatic carbocycles. The zero-order valence-corrected chi connectivity index (χ0v) is 8.90. The van der Waals surface area contributed by atoms with E-state index in [0.29, 0.717) is 23.4 Å². The molecule has 1 aromatic rings. The zero-order chi connectivity index (χ0) is 11.1. The first-order chi connectivity index (χ1) is 6.95. The van der Waals surface area contributed by atoms with Crippen molar-refractivity contribution in [1.29, 1.82) is 0 Å². The van der Waals surface area contributed by atoms with Crippen LogP contribution < -0.4 is 5.73 Å². The highest BCUT2D eigenvalue weighted by atomic mass is 35.5. The Morgan fingerprint density at radius 3 is 2.47 bits per heavy atom. The SMILES string of the molecule is NC1(C(F)(F)Cc2ccccc2Cl)CC1. The number of hydrogen-bond donors (Lipinski definition) is 1. The Kier molecular flexibility index (Phi) is 2.47. The molecule has 2 N–H and O–H groups in total. The number of hydrogen-bond acceptors (Lipinski definition) is 1. The first-order valence-electron chi connectivity index (χ1n) is 4.85. The molecule has 15 heavy (non-hydrogen) atoms. The van der Waals surface area contributed by atoms with Gasteiger partial charge in [0.1, 0.15) is 0 Å². The summed E-state index contributed by atoms with van der Waals surface area (Å²) in [5, 5.41) is 0.376. The summed E-state index contributed by atoms with van der Waals surface area (Å²) < 4.78 is 27.4. The van der Waals surface area contributed by atoms with Crippen LogP contribution in [0, 0.1) is 0 Å². The molecular formula is C11H12ClF2N. The summed E-state index contributed by atoms with van der Waals surface area (Å²) in [6.07, 6.45) is 0.415. The Morgan fingerprint density at radius 1 is 1.33 bits per heavy atom. The van der Waals surface area contributed by atoms with Crippen LogP contribution in [0.3, 0.4) is 0 Å². The first kappa shape index (κ1) is 10.8. The summed E-state index contributed by atoms with van der Waals surface area (Å²) in [5.74, 6) is -2.86. The fourth-order valence-electron chi connectivity index (χ4n) is 1.56. The number of halogens is 3. The predicted octanol–water partition coefficient (Wildman–Crippen LogP) is 3.01. The third-order valence-electron chi connectivity index (χ3n) is 2.89. The number of benzene rings is 1. The smallest absolute Gasteiger partial charge is 0.269 e. The standard InChI is InChI=1S/C11H12ClF2N/c12-9-4-2-1-3-8(9)7-11(13,14)10(15)5-6-10/h1-4H,5-7,15H2. The van der Waals surface area contributed by atoms with Gasteiger partial charge in [0, 0.05) is 11.4 Å². The molecule has 0 unspecified atom stereocenters. The molecule has 0 bridgehead atoms. The van der Waals surface area contributed by atoms with Crippen molar-refractivity contribution in [2.45, 2.75) is 30.7 Å². The van der Waals surface area contributed by atoms with Crippen molar-refractivity contribution >= 4 is 11.6 Å². The van der Waals surface area contributed by atoms with Gasteiger partial charge < -0.3 is 5.73 Å². The minimum absolute atomic E-state index is 0.372. The monoisotopic (exact) mass is 231 g/mol. The highest BCUT2D eigenvalue weighted by Crippen LogP contribution is 2.47. The summed E-state index contributed by atoms with van der Waals surface area (Å²) in [6.45, 7) is 0. The second-order valence-electron chi connectivity index (χ2n) is 4.13. The molecule has 0 heterocycles. The number of nitrogens with two attached hydrogens (primary N) is 1. The van der Waals surface area contributed by atoms with E-state index in [1.807, 2.05) is 0 Å². The quantitative estimate of drug-likeness (QED) is 0.850. The summed E-state index contributed by atoms with van der Waals surface area (Å²) in [7, 11) is 0. The fraction of sp³-hybridized carbons (Fsp3) is 0.455. The van der Waals surface area contributed by atoms with Crippen LogP contribution in [0.4, 0.5) is 8.78 Å². The molecule has 4 heteroatoms. The molecule has 2 rings (SSSR count). The molecule has 1 aliphatic rings. The maximum Gasteiger partial charge on any atom is 0.269 e. The molecular weight excluding hydrogens is 220 g/mol. The van der Waals surface area contributed by atoms with Crippen LogP contribution in [-0.4, -0.2) is 11.5 Å². The Morgan fingerprint density at radius 2 is 1.93 bits per heavy atom. The van der Waals surface area contributed by atoms with Crippen molar-refractivity contribution in [2.24, 2.45) is 5.73 Å². The minimum atomic E-state index is -2.86. The van der Waals surface area contributed by atoms with Gasteiger partial charge in [0.2, 0.25) is 0 Å². The van der Waals surface area contributed by atoms with Crippen molar-refractivity contribution < 1.29 is 8.78 Å². The molecule has 0 radical (unpaired) electrons. The molecule has 1 aliphatic carbocycles. The lowest BCUT2D eigenvalue weighted by atomic mass is 10.00. The Hall–Kier alpha value is -0.670. The average Bonchev–Trinajstić information content (AvgIpc) is 2.89. The van der Waals surface area contributed by atoms with E-state index in [2.05, 4.69) is 0 Å². The van der Waals surface area contributed by atoms with E-state index in [9.17, 15) is 8.78 Å². The molecule has 0 spiro atoms. The van der Waals surface area contributed by atoms with Crippen molar-refractivity contribution in [3.8, 4) is 0 Å². The number of rotatable bonds is 3. The molecule has 1 nitrogen and oxygen atoms in total. The van der Waals surface area contributed by atoms with Gasteiger partial charge in [0.05, 0.1) is 5.54 Å². The van der Waals surface area contributed by atoms with Crippen LogP contribution >= 0.6 is 11.6 Å². The largest absolute Gasteiger partial charge is 0.320 e. The lowest BCUT2D eigenvalue weighted by molar-refractivity contribution is -0.0349. The van der Waals surface area contributed by atoms with Crippen molar-refractivity contribution in [2.75, 3.05) is 0 Å². The van der Waals surface area contributed by atoms with Gasteiger partial charge in [0.15, 0.2) is 0 Å². The van der Waals surface area contributed by atoms with E-state index in [1.165, 1.54) is 0 Å². The van der Waals surface area contributed by atoms with Gasteiger partial charge >= 0.3 is 0 Å². The Labute approximate surface area is 92.2 Å². The van der Waals surface area contributed by atoms with Gasteiger partial charge in [-0.25, -0.2) is 8.78 Å². The zero-order valence-electron chi connectivity index (χ0n) is 8.14. The van der Waals surface area contributed by atoms with E-state index in [0.717, 1.165) is 0 Å². The van der Waals surface area contributed by atoms with Crippen molar-refractivity contribution in [3.63, 3.8) is 0 Å². The second kappa shape index (κ2) is 3.42.